The van der Waals surface area contributed by atoms with Gasteiger partial charge in [-0.15, -0.1) is 0 Å². The summed E-state index contributed by atoms with van der Waals surface area (Å²) in [5.41, 5.74) is -1.26. The third kappa shape index (κ3) is 5.77. The molecule has 8 heteroatoms. The molecule has 1 heterocycles. The predicted octanol–water partition coefficient (Wildman–Crippen LogP) is 1.21. The maximum atomic E-state index is 12.4. The molecule has 2 N–H and O–H groups in total. The number of fused-ring (bicyclic) bond motifs is 1. The van der Waals surface area contributed by atoms with Crippen LogP contribution in [0, 0.1) is 11.8 Å². The van der Waals surface area contributed by atoms with Crippen LogP contribution >= 0.6 is 0 Å². The van der Waals surface area contributed by atoms with Gasteiger partial charge in [0.25, 0.3) is 0 Å². The Morgan fingerprint density at radius 2 is 2.10 bits per heavy atom. The number of allylic oxidation sites excluding steroid dienone is 3. The van der Waals surface area contributed by atoms with Gasteiger partial charge in [-0.1, -0.05) is 31.7 Å². The summed E-state index contributed by atoms with van der Waals surface area (Å²) in [4.78, 5) is 35.8. The average Bonchev–Trinajstić information content (AvgIpc) is 2.91. The zero-order valence-corrected chi connectivity index (χ0v) is 16.9. The second-order valence-electron chi connectivity index (χ2n) is 7.78. The maximum absolute atomic E-state index is 12.4. The monoisotopic (exact) mass is 408 g/mol. The van der Waals surface area contributed by atoms with Crippen LogP contribution in [0.1, 0.15) is 33.6 Å². The van der Waals surface area contributed by atoms with E-state index in [4.69, 9.17) is 14.2 Å². The van der Waals surface area contributed by atoms with E-state index in [-0.39, 0.29) is 24.5 Å². The van der Waals surface area contributed by atoms with E-state index in [0.717, 1.165) is 6.92 Å². The molecule has 0 aromatic carbocycles. The number of rotatable bonds is 5. The first-order valence-electron chi connectivity index (χ1n) is 9.48. The van der Waals surface area contributed by atoms with Crippen LogP contribution in [0.5, 0.6) is 0 Å². The van der Waals surface area contributed by atoms with Crippen LogP contribution in [0.15, 0.2) is 36.0 Å². The van der Waals surface area contributed by atoms with Crippen LogP contribution in [0.2, 0.25) is 0 Å². The lowest BCUT2D eigenvalue weighted by molar-refractivity contribution is -0.176. The summed E-state index contributed by atoms with van der Waals surface area (Å²) in [6.45, 7) is 7.36. The van der Waals surface area contributed by atoms with Crippen molar-refractivity contribution in [3.8, 4) is 0 Å². The van der Waals surface area contributed by atoms with E-state index in [1.54, 1.807) is 6.08 Å². The molecule has 1 saturated heterocycles. The van der Waals surface area contributed by atoms with Crippen molar-refractivity contribution in [1.29, 1.82) is 0 Å². The summed E-state index contributed by atoms with van der Waals surface area (Å²) in [6, 6.07) is 0. The minimum atomic E-state index is -2.09. The number of aliphatic hydroxyl groups excluding tert-OH is 1. The molecule has 0 aromatic rings. The Kier molecular flexibility index (Phi) is 7.37. The highest BCUT2D eigenvalue weighted by Gasteiger charge is 2.47. The first-order valence-corrected chi connectivity index (χ1v) is 9.48. The van der Waals surface area contributed by atoms with E-state index in [9.17, 15) is 24.6 Å². The van der Waals surface area contributed by atoms with Crippen molar-refractivity contribution < 1.29 is 38.8 Å². The minimum Gasteiger partial charge on any atom is -0.461 e. The topological polar surface area (TPSA) is 119 Å². The lowest BCUT2D eigenvalue weighted by Crippen LogP contribution is -2.45. The van der Waals surface area contributed by atoms with Gasteiger partial charge >= 0.3 is 17.9 Å². The van der Waals surface area contributed by atoms with Gasteiger partial charge < -0.3 is 24.4 Å². The summed E-state index contributed by atoms with van der Waals surface area (Å²) in [7, 11) is 0. The highest BCUT2D eigenvalue weighted by molar-refractivity contribution is 5.91. The molecule has 0 saturated carbocycles. The Labute approximate surface area is 169 Å². The van der Waals surface area contributed by atoms with Gasteiger partial charge in [-0.2, -0.15) is 0 Å². The highest BCUT2D eigenvalue weighted by Crippen LogP contribution is 2.38. The third-order valence-corrected chi connectivity index (χ3v) is 5.03. The summed E-state index contributed by atoms with van der Waals surface area (Å²) in [5.74, 6) is -2.61. The van der Waals surface area contributed by atoms with Gasteiger partial charge in [-0.25, -0.2) is 9.59 Å². The summed E-state index contributed by atoms with van der Waals surface area (Å²) in [6.07, 6.45) is 4.72. The Bertz CT molecular complexity index is 733. The van der Waals surface area contributed by atoms with Crippen molar-refractivity contribution in [2.24, 2.45) is 11.8 Å². The second kappa shape index (κ2) is 9.37. The Morgan fingerprint density at radius 1 is 1.41 bits per heavy atom. The van der Waals surface area contributed by atoms with Gasteiger partial charge in [0.2, 0.25) is 0 Å². The zero-order valence-electron chi connectivity index (χ0n) is 16.9. The first kappa shape index (κ1) is 22.8. The van der Waals surface area contributed by atoms with Crippen molar-refractivity contribution in [3.63, 3.8) is 0 Å². The summed E-state index contributed by atoms with van der Waals surface area (Å²) < 4.78 is 16.1. The number of hydrogen-bond donors (Lipinski definition) is 2. The Hall–Kier alpha value is -2.45. The number of aliphatic hydroxyl groups is 2. The molecule has 2 aliphatic rings. The van der Waals surface area contributed by atoms with E-state index in [1.165, 1.54) is 6.92 Å². The summed E-state index contributed by atoms with van der Waals surface area (Å²) in [5, 5.41) is 19.3. The van der Waals surface area contributed by atoms with Gasteiger partial charge in [0, 0.05) is 18.9 Å². The van der Waals surface area contributed by atoms with Crippen LogP contribution < -0.4 is 0 Å². The number of hydrogen-bond acceptors (Lipinski definition) is 8. The molecule has 1 fully saturated rings. The lowest BCUT2D eigenvalue weighted by Gasteiger charge is -2.31. The largest absolute Gasteiger partial charge is 0.461 e. The van der Waals surface area contributed by atoms with E-state index < -0.39 is 48.2 Å². The maximum Gasteiger partial charge on any atom is 0.340 e. The fourth-order valence-corrected chi connectivity index (χ4v) is 3.33. The Balaban J connectivity index is 2.40. The van der Waals surface area contributed by atoms with Gasteiger partial charge in [-0.3, -0.25) is 4.79 Å². The van der Waals surface area contributed by atoms with E-state index in [1.807, 2.05) is 19.1 Å². The van der Waals surface area contributed by atoms with Crippen molar-refractivity contribution in [3.05, 3.63) is 36.0 Å². The smallest absolute Gasteiger partial charge is 0.340 e. The normalized spacial score (nSPS) is 29.2. The quantitative estimate of drug-likeness (QED) is 0.396. The number of ether oxygens (including phenoxy) is 3. The Morgan fingerprint density at radius 3 is 2.72 bits per heavy atom. The fourth-order valence-electron chi connectivity index (χ4n) is 3.33. The van der Waals surface area contributed by atoms with Gasteiger partial charge in [0.15, 0.2) is 5.60 Å². The fraction of sp³-hybridized carbons (Fsp3) is 0.571. The standard InChI is InChI=1S/C21H28O8/c1-12-6-5-7-15(10-27-14(3)23)9-17(29-20(25)21(4,26)11-22)18-13(2)19(24)28-16(18)8-12/h5-7,12,16-18,22,26H,2,8-11H2,1,3-4H3. The van der Waals surface area contributed by atoms with Crippen molar-refractivity contribution >= 4 is 17.9 Å². The lowest BCUT2D eigenvalue weighted by atomic mass is 9.83. The zero-order chi connectivity index (χ0) is 21.8. The molecule has 0 spiro atoms. The first-order chi connectivity index (χ1) is 13.5. The summed E-state index contributed by atoms with van der Waals surface area (Å²) >= 11 is 0. The predicted molar refractivity (Wildman–Crippen MR) is 102 cm³/mol. The van der Waals surface area contributed by atoms with Crippen molar-refractivity contribution in [1.82, 2.24) is 0 Å². The highest BCUT2D eigenvalue weighted by atomic mass is 16.6. The third-order valence-electron chi connectivity index (χ3n) is 5.03. The molecule has 0 amide bonds. The van der Waals surface area contributed by atoms with Crippen LogP contribution in [0.4, 0.5) is 0 Å². The van der Waals surface area contributed by atoms with E-state index in [0.29, 0.717) is 12.0 Å². The molecule has 8 nitrogen and oxygen atoms in total. The molecule has 1 aliphatic heterocycles. The molecule has 0 aromatic heterocycles. The van der Waals surface area contributed by atoms with Crippen molar-refractivity contribution in [2.45, 2.75) is 51.4 Å². The second-order valence-corrected chi connectivity index (χ2v) is 7.78. The molecule has 5 atom stereocenters. The minimum absolute atomic E-state index is 0.0167. The number of carbonyl (C=O) groups is 3. The average molecular weight is 408 g/mol. The molecular weight excluding hydrogens is 380 g/mol. The molecule has 5 unspecified atom stereocenters. The molecule has 29 heavy (non-hydrogen) atoms. The van der Waals surface area contributed by atoms with Crippen LogP contribution in [0.25, 0.3) is 0 Å². The van der Waals surface area contributed by atoms with E-state index >= 15 is 0 Å². The van der Waals surface area contributed by atoms with Crippen LogP contribution in [0.3, 0.4) is 0 Å². The number of carbonyl (C=O) groups excluding carboxylic acids is 3. The van der Waals surface area contributed by atoms with Gasteiger partial charge in [-0.05, 0) is 24.8 Å². The molecule has 1 aliphatic carbocycles. The number of esters is 3. The molecule has 0 radical (unpaired) electrons. The van der Waals surface area contributed by atoms with Crippen LogP contribution in [-0.2, 0) is 28.6 Å². The molecule has 160 valence electrons. The molecule has 2 rings (SSSR count). The SMILES string of the molecule is C=C1C(=O)OC2CC(C)C=CC=C(COC(C)=O)CC(OC(=O)C(C)(O)CO)C12. The van der Waals surface area contributed by atoms with E-state index in [2.05, 4.69) is 6.58 Å². The van der Waals surface area contributed by atoms with Gasteiger partial charge in [0.1, 0.15) is 18.8 Å². The van der Waals surface area contributed by atoms with Crippen LogP contribution in [-0.4, -0.2) is 59.1 Å². The van der Waals surface area contributed by atoms with Crippen molar-refractivity contribution in [2.75, 3.05) is 13.2 Å². The molecular formula is C21H28O8. The van der Waals surface area contributed by atoms with Gasteiger partial charge in [0.05, 0.1) is 12.5 Å². The molecule has 0 bridgehead atoms.